The summed E-state index contributed by atoms with van der Waals surface area (Å²) in [7, 11) is 0. The van der Waals surface area contributed by atoms with E-state index in [1.807, 2.05) is 0 Å². The summed E-state index contributed by atoms with van der Waals surface area (Å²) in [6.07, 6.45) is 5.29. The van der Waals surface area contributed by atoms with E-state index in [1.54, 1.807) is 5.56 Å². The molecule has 1 aromatic rings. The van der Waals surface area contributed by atoms with Crippen LogP contribution in [0.15, 0.2) is 12.4 Å². The van der Waals surface area contributed by atoms with Crippen molar-refractivity contribution in [3.63, 3.8) is 0 Å². The number of pyridine rings is 1. The van der Waals surface area contributed by atoms with E-state index >= 15 is 0 Å². The maximum Gasteiger partial charge on any atom is 0.0315 e. The molecule has 2 nitrogen and oxygen atoms in total. The molecule has 88 valence electrons. The third-order valence-corrected chi connectivity index (χ3v) is 3.55. The number of nitrogens with zero attached hydrogens (tertiary/aromatic N) is 2. The van der Waals surface area contributed by atoms with Gasteiger partial charge in [-0.25, -0.2) is 0 Å². The smallest absolute Gasteiger partial charge is 0.0315 e. The van der Waals surface area contributed by atoms with Gasteiger partial charge in [-0.2, -0.15) is 0 Å². The number of hydrogen-bond donors (Lipinski definition) is 0. The van der Waals surface area contributed by atoms with Crippen molar-refractivity contribution in [3.05, 3.63) is 29.1 Å². The molecule has 0 saturated heterocycles. The molecule has 0 fully saturated rings. The Balaban J connectivity index is 2.31. The van der Waals surface area contributed by atoms with Crippen LogP contribution in [0.3, 0.4) is 0 Å². The zero-order valence-electron chi connectivity index (χ0n) is 10.8. The molecule has 0 aromatic carbocycles. The van der Waals surface area contributed by atoms with Gasteiger partial charge >= 0.3 is 0 Å². The van der Waals surface area contributed by atoms with Gasteiger partial charge < -0.3 is 0 Å². The molecule has 0 unspecified atom stereocenters. The first-order valence-electron chi connectivity index (χ1n) is 6.29. The molecule has 0 spiro atoms. The lowest BCUT2D eigenvalue weighted by molar-refractivity contribution is 0.202. The monoisotopic (exact) mass is 218 g/mol. The van der Waals surface area contributed by atoms with E-state index in [1.165, 1.54) is 24.1 Å². The predicted molar refractivity (Wildman–Crippen MR) is 67.6 cm³/mol. The Morgan fingerprint density at radius 2 is 1.94 bits per heavy atom. The van der Waals surface area contributed by atoms with Gasteiger partial charge in [-0.15, -0.1) is 0 Å². The molecule has 0 saturated carbocycles. The van der Waals surface area contributed by atoms with Gasteiger partial charge in [-0.1, -0.05) is 13.8 Å². The van der Waals surface area contributed by atoms with Crippen molar-refractivity contribution in [1.29, 1.82) is 0 Å². The van der Waals surface area contributed by atoms with Crippen LogP contribution in [0.5, 0.6) is 0 Å². The van der Waals surface area contributed by atoms with Gasteiger partial charge in [-0.05, 0) is 42.9 Å². The highest BCUT2D eigenvalue weighted by atomic mass is 15.1. The molecule has 1 aromatic heterocycles. The fraction of sp³-hybridized carbons (Fsp3) is 0.643. The van der Waals surface area contributed by atoms with Crippen molar-refractivity contribution in [3.8, 4) is 0 Å². The lowest BCUT2D eigenvalue weighted by Gasteiger charge is -2.33. The van der Waals surface area contributed by atoms with Gasteiger partial charge in [0.05, 0.1) is 0 Å². The Morgan fingerprint density at radius 1 is 1.19 bits per heavy atom. The zero-order chi connectivity index (χ0) is 11.7. The first kappa shape index (κ1) is 11.6. The first-order valence-corrected chi connectivity index (χ1v) is 6.29. The molecule has 0 bridgehead atoms. The van der Waals surface area contributed by atoms with E-state index in [0.717, 1.165) is 6.54 Å². The highest BCUT2D eigenvalue weighted by Crippen LogP contribution is 2.27. The van der Waals surface area contributed by atoms with Crippen LogP contribution >= 0.6 is 0 Å². The quantitative estimate of drug-likeness (QED) is 0.758. The van der Waals surface area contributed by atoms with Crippen molar-refractivity contribution in [2.45, 2.75) is 52.6 Å². The summed E-state index contributed by atoms with van der Waals surface area (Å²) < 4.78 is 0. The first-order chi connectivity index (χ1) is 7.59. The predicted octanol–water partition coefficient (Wildman–Crippen LogP) is 2.97. The highest BCUT2D eigenvalue weighted by Gasteiger charge is 2.21. The molecule has 2 heterocycles. The van der Waals surface area contributed by atoms with E-state index in [2.05, 4.69) is 50.0 Å². The lowest BCUT2D eigenvalue weighted by Crippen LogP contribution is -2.36. The van der Waals surface area contributed by atoms with E-state index in [0.29, 0.717) is 12.0 Å². The number of fused-ring (bicyclic) bond motifs is 1. The van der Waals surface area contributed by atoms with Gasteiger partial charge in [0.1, 0.15) is 0 Å². The Hall–Kier alpha value is -0.890. The third kappa shape index (κ3) is 2.12. The van der Waals surface area contributed by atoms with Crippen LogP contribution in [0.1, 0.15) is 50.3 Å². The van der Waals surface area contributed by atoms with Gasteiger partial charge in [0, 0.05) is 31.5 Å². The van der Waals surface area contributed by atoms with Crippen molar-refractivity contribution >= 4 is 0 Å². The maximum atomic E-state index is 4.39. The van der Waals surface area contributed by atoms with E-state index < -0.39 is 0 Å². The second-order valence-corrected chi connectivity index (χ2v) is 5.34. The standard InChI is InChI=1S/C14H22N2/c1-10(2)14-8-15-7-12-9-16(11(3)4)6-5-13(12)14/h7-8,10-11H,5-6,9H2,1-4H3. The molecule has 1 aliphatic heterocycles. The highest BCUT2D eigenvalue weighted by molar-refractivity contribution is 5.35. The minimum absolute atomic E-state index is 0.591. The average Bonchev–Trinajstić information content (AvgIpc) is 2.27. The number of rotatable bonds is 2. The SMILES string of the molecule is CC(C)c1cncc2c1CCN(C(C)C)C2. The van der Waals surface area contributed by atoms with Crippen LogP contribution in [0.4, 0.5) is 0 Å². The fourth-order valence-corrected chi connectivity index (χ4v) is 2.48. The Morgan fingerprint density at radius 3 is 2.56 bits per heavy atom. The van der Waals surface area contributed by atoms with Crippen molar-refractivity contribution in [2.24, 2.45) is 0 Å². The molecule has 2 heteroatoms. The van der Waals surface area contributed by atoms with Crippen LogP contribution < -0.4 is 0 Å². The second-order valence-electron chi connectivity index (χ2n) is 5.34. The molecule has 2 rings (SSSR count). The van der Waals surface area contributed by atoms with Crippen molar-refractivity contribution in [1.82, 2.24) is 9.88 Å². The Kier molecular flexibility index (Phi) is 3.29. The topological polar surface area (TPSA) is 16.1 Å². The van der Waals surface area contributed by atoms with Gasteiger partial charge in [-0.3, -0.25) is 9.88 Å². The Bertz CT molecular complexity index is 369. The van der Waals surface area contributed by atoms with Crippen LogP contribution in [0.25, 0.3) is 0 Å². The minimum Gasteiger partial charge on any atom is -0.296 e. The number of aromatic nitrogens is 1. The average molecular weight is 218 g/mol. The van der Waals surface area contributed by atoms with Gasteiger partial charge in [0.25, 0.3) is 0 Å². The molecule has 16 heavy (non-hydrogen) atoms. The molecule has 0 amide bonds. The van der Waals surface area contributed by atoms with Crippen LogP contribution in [0, 0.1) is 0 Å². The summed E-state index contributed by atoms with van der Waals surface area (Å²) in [6.45, 7) is 11.3. The molecule has 1 aliphatic rings. The van der Waals surface area contributed by atoms with Crippen LogP contribution in [-0.2, 0) is 13.0 Å². The van der Waals surface area contributed by atoms with Crippen molar-refractivity contribution in [2.75, 3.05) is 6.54 Å². The molecule has 0 aliphatic carbocycles. The summed E-state index contributed by atoms with van der Waals surface area (Å²) in [5.41, 5.74) is 4.44. The summed E-state index contributed by atoms with van der Waals surface area (Å²) >= 11 is 0. The lowest BCUT2D eigenvalue weighted by atomic mass is 9.91. The molecular weight excluding hydrogens is 196 g/mol. The normalized spacial score (nSPS) is 16.9. The van der Waals surface area contributed by atoms with E-state index in [9.17, 15) is 0 Å². The summed E-state index contributed by atoms with van der Waals surface area (Å²) in [5, 5.41) is 0. The van der Waals surface area contributed by atoms with Gasteiger partial charge in [0.15, 0.2) is 0 Å². The Labute approximate surface area is 98.7 Å². The number of hydrogen-bond acceptors (Lipinski definition) is 2. The third-order valence-electron chi connectivity index (χ3n) is 3.55. The summed E-state index contributed by atoms with van der Waals surface area (Å²) in [5.74, 6) is 0.591. The van der Waals surface area contributed by atoms with Crippen molar-refractivity contribution < 1.29 is 0 Å². The fourth-order valence-electron chi connectivity index (χ4n) is 2.48. The largest absolute Gasteiger partial charge is 0.296 e. The minimum atomic E-state index is 0.591. The van der Waals surface area contributed by atoms with E-state index in [4.69, 9.17) is 0 Å². The van der Waals surface area contributed by atoms with E-state index in [-0.39, 0.29) is 0 Å². The molecule has 0 atom stereocenters. The second kappa shape index (κ2) is 4.54. The molecular formula is C14H22N2. The van der Waals surface area contributed by atoms with Gasteiger partial charge in [0.2, 0.25) is 0 Å². The molecule has 0 N–H and O–H groups in total. The van der Waals surface area contributed by atoms with Crippen LogP contribution in [-0.4, -0.2) is 22.5 Å². The maximum absolute atomic E-state index is 4.39. The summed E-state index contributed by atoms with van der Waals surface area (Å²) in [6, 6.07) is 0.635. The van der Waals surface area contributed by atoms with Crippen LogP contribution in [0.2, 0.25) is 0 Å². The molecule has 0 radical (unpaired) electrons. The zero-order valence-corrected chi connectivity index (χ0v) is 10.8. The summed E-state index contributed by atoms with van der Waals surface area (Å²) in [4.78, 5) is 6.91.